The summed E-state index contributed by atoms with van der Waals surface area (Å²) in [6, 6.07) is 15.2. The van der Waals surface area contributed by atoms with Crippen LogP contribution in [0.25, 0.3) is 0 Å². The summed E-state index contributed by atoms with van der Waals surface area (Å²) in [6.45, 7) is 3.90. The van der Waals surface area contributed by atoms with Gasteiger partial charge in [-0.15, -0.1) is 0 Å². The number of piperidine rings is 1. The van der Waals surface area contributed by atoms with Crippen molar-refractivity contribution < 1.29 is 14.2 Å². The van der Waals surface area contributed by atoms with Gasteiger partial charge >= 0.3 is 0 Å². The topological polar surface area (TPSA) is 32.7 Å². The highest BCUT2D eigenvalue weighted by Gasteiger charge is 2.49. The van der Waals surface area contributed by atoms with Gasteiger partial charge in [0, 0.05) is 36.2 Å². The fourth-order valence-corrected chi connectivity index (χ4v) is 5.19. The van der Waals surface area contributed by atoms with Gasteiger partial charge in [0.05, 0.1) is 12.2 Å². The van der Waals surface area contributed by atoms with E-state index in [2.05, 4.69) is 11.0 Å². The van der Waals surface area contributed by atoms with Gasteiger partial charge in [0.25, 0.3) is 0 Å². The maximum Gasteiger partial charge on any atom is 0.127 e. The Morgan fingerprint density at radius 1 is 1.11 bits per heavy atom. The van der Waals surface area contributed by atoms with Crippen molar-refractivity contribution in [2.45, 2.75) is 57.2 Å². The molecule has 0 bridgehead atoms. The second kappa shape index (κ2) is 8.22. The maximum absolute atomic E-state index is 14.4. The third-order valence-electron chi connectivity index (χ3n) is 6.54. The molecule has 2 aromatic carbocycles. The van der Waals surface area contributed by atoms with Crippen molar-refractivity contribution in [1.82, 2.24) is 4.90 Å². The Bertz CT molecular complexity index is 811. The van der Waals surface area contributed by atoms with E-state index in [1.807, 2.05) is 37.3 Å². The van der Waals surface area contributed by atoms with Crippen molar-refractivity contribution in [1.29, 1.82) is 0 Å². The minimum absolute atomic E-state index is 0.0291. The van der Waals surface area contributed by atoms with Crippen molar-refractivity contribution in [3.8, 4) is 5.75 Å². The molecule has 150 valence electrons. The van der Waals surface area contributed by atoms with Gasteiger partial charge in [-0.3, -0.25) is 4.90 Å². The SMILES string of the molecule is CCOc1ccccc1[C@@H]1[C@H]2CCCC[C@@]2(O)CCN1Cc1ccccc1F. The van der Waals surface area contributed by atoms with E-state index in [0.29, 0.717) is 18.7 Å². The second-order valence-corrected chi connectivity index (χ2v) is 8.18. The highest BCUT2D eigenvalue weighted by molar-refractivity contribution is 5.38. The number of rotatable bonds is 5. The number of para-hydroxylation sites is 1. The summed E-state index contributed by atoms with van der Waals surface area (Å²) in [5, 5.41) is 11.4. The molecule has 2 aliphatic rings. The summed E-state index contributed by atoms with van der Waals surface area (Å²) < 4.78 is 20.3. The van der Waals surface area contributed by atoms with Crippen molar-refractivity contribution >= 4 is 0 Å². The monoisotopic (exact) mass is 383 g/mol. The standard InChI is InChI=1S/C24H30FNO2/c1-2-28-22-13-6-4-10-19(22)23-20-11-7-8-14-24(20,27)15-16-26(23)17-18-9-3-5-12-21(18)25/h3-6,9-10,12-13,20,23,27H,2,7-8,11,14-17H2,1H3/t20-,23-,24-/m1/s1. The molecule has 28 heavy (non-hydrogen) atoms. The molecule has 0 spiro atoms. The number of aliphatic hydroxyl groups is 1. The summed E-state index contributed by atoms with van der Waals surface area (Å²) in [5.41, 5.74) is 1.20. The lowest BCUT2D eigenvalue weighted by Gasteiger charge is -2.53. The van der Waals surface area contributed by atoms with Gasteiger partial charge < -0.3 is 9.84 Å². The molecule has 2 aromatic rings. The zero-order chi connectivity index (χ0) is 19.6. The molecule has 1 aliphatic heterocycles. The van der Waals surface area contributed by atoms with E-state index in [1.54, 1.807) is 6.07 Å². The van der Waals surface area contributed by atoms with Crippen LogP contribution in [0.5, 0.6) is 5.75 Å². The molecular weight excluding hydrogens is 353 g/mol. The predicted molar refractivity (Wildman–Crippen MR) is 109 cm³/mol. The minimum atomic E-state index is -0.631. The maximum atomic E-state index is 14.4. The molecule has 1 N–H and O–H groups in total. The van der Waals surface area contributed by atoms with Crippen molar-refractivity contribution in [2.75, 3.05) is 13.2 Å². The van der Waals surface area contributed by atoms with Gasteiger partial charge in [-0.25, -0.2) is 4.39 Å². The quantitative estimate of drug-likeness (QED) is 0.780. The van der Waals surface area contributed by atoms with E-state index in [1.165, 1.54) is 6.07 Å². The molecule has 0 amide bonds. The highest BCUT2D eigenvalue weighted by atomic mass is 19.1. The molecule has 0 aromatic heterocycles. The number of halogens is 1. The third-order valence-corrected chi connectivity index (χ3v) is 6.54. The predicted octanol–water partition coefficient (Wildman–Crippen LogP) is 5.09. The average molecular weight is 384 g/mol. The molecule has 3 nitrogen and oxygen atoms in total. The number of hydrogen-bond donors (Lipinski definition) is 1. The van der Waals surface area contributed by atoms with Crippen LogP contribution in [0.3, 0.4) is 0 Å². The molecule has 1 saturated heterocycles. The summed E-state index contributed by atoms with van der Waals surface area (Å²) >= 11 is 0. The molecule has 0 unspecified atom stereocenters. The number of ether oxygens (including phenoxy) is 1. The van der Waals surface area contributed by atoms with Gasteiger partial charge in [-0.2, -0.15) is 0 Å². The fraction of sp³-hybridized carbons (Fsp3) is 0.500. The van der Waals surface area contributed by atoms with Crippen LogP contribution in [-0.4, -0.2) is 28.8 Å². The van der Waals surface area contributed by atoms with Crippen LogP contribution in [0.4, 0.5) is 4.39 Å². The number of hydrogen-bond acceptors (Lipinski definition) is 3. The smallest absolute Gasteiger partial charge is 0.127 e. The van der Waals surface area contributed by atoms with E-state index in [9.17, 15) is 9.50 Å². The van der Waals surface area contributed by atoms with Gasteiger partial charge in [0.15, 0.2) is 0 Å². The second-order valence-electron chi connectivity index (χ2n) is 8.18. The van der Waals surface area contributed by atoms with Crippen LogP contribution in [0.1, 0.15) is 56.2 Å². The molecule has 4 rings (SSSR count). The molecule has 3 atom stereocenters. The van der Waals surface area contributed by atoms with Crippen LogP contribution in [0, 0.1) is 11.7 Å². The van der Waals surface area contributed by atoms with Crippen molar-refractivity contribution in [2.24, 2.45) is 5.92 Å². The third kappa shape index (κ3) is 3.68. The highest BCUT2D eigenvalue weighted by Crippen LogP contribution is 2.51. The first-order valence-corrected chi connectivity index (χ1v) is 10.5. The average Bonchev–Trinajstić information content (AvgIpc) is 2.70. The zero-order valence-electron chi connectivity index (χ0n) is 16.6. The molecule has 1 heterocycles. The molecule has 1 aliphatic carbocycles. The number of benzene rings is 2. The van der Waals surface area contributed by atoms with Crippen LogP contribution < -0.4 is 4.74 Å². The van der Waals surface area contributed by atoms with Gasteiger partial charge in [-0.1, -0.05) is 49.2 Å². The number of nitrogens with zero attached hydrogens (tertiary/aromatic N) is 1. The Balaban J connectivity index is 1.74. The zero-order valence-corrected chi connectivity index (χ0v) is 16.6. The normalized spacial score (nSPS) is 28.0. The Labute approximate surface area is 167 Å². The van der Waals surface area contributed by atoms with Gasteiger partial charge in [-0.05, 0) is 38.3 Å². The minimum Gasteiger partial charge on any atom is -0.494 e. The molecular formula is C24H30FNO2. The molecule has 2 fully saturated rings. The fourth-order valence-electron chi connectivity index (χ4n) is 5.19. The largest absolute Gasteiger partial charge is 0.494 e. The Hall–Kier alpha value is -1.91. The van der Waals surface area contributed by atoms with Crippen LogP contribution in [-0.2, 0) is 6.54 Å². The number of likely N-dealkylation sites (tertiary alicyclic amines) is 1. The van der Waals surface area contributed by atoms with Crippen LogP contribution >= 0.6 is 0 Å². The lowest BCUT2D eigenvalue weighted by atomic mass is 9.66. The van der Waals surface area contributed by atoms with Crippen LogP contribution in [0.15, 0.2) is 48.5 Å². The van der Waals surface area contributed by atoms with Gasteiger partial charge in [0.1, 0.15) is 11.6 Å². The lowest BCUT2D eigenvalue weighted by molar-refractivity contribution is -0.126. The lowest BCUT2D eigenvalue weighted by Crippen LogP contribution is -2.54. The number of fused-ring (bicyclic) bond motifs is 1. The summed E-state index contributed by atoms with van der Waals surface area (Å²) in [7, 11) is 0. The summed E-state index contributed by atoms with van der Waals surface area (Å²) in [5.74, 6) is 0.857. The molecule has 1 saturated carbocycles. The van der Waals surface area contributed by atoms with Crippen LogP contribution in [0.2, 0.25) is 0 Å². The first-order valence-electron chi connectivity index (χ1n) is 10.5. The molecule has 0 radical (unpaired) electrons. The Kier molecular flexibility index (Phi) is 5.70. The van der Waals surface area contributed by atoms with E-state index in [0.717, 1.165) is 50.0 Å². The van der Waals surface area contributed by atoms with E-state index in [4.69, 9.17) is 4.74 Å². The first-order chi connectivity index (χ1) is 13.6. The van der Waals surface area contributed by atoms with E-state index in [-0.39, 0.29) is 17.8 Å². The van der Waals surface area contributed by atoms with Crippen molar-refractivity contribution in [3.63, 3.8) is 0 Å². The Morgan fingerprint density at radius 2 is 1.89 bits per heavy atom. The molecule has 4 heteroatoms. The van der Waals surface area contributed by atoms with E-state index < -0.39 is 5.60 Å². The first kappa shape index (κ1) is 19.4. The van der Waals surface area contributed by atoms with Crippen molar-refractivity contribution in [3.05, 3.63) is 65.5 Å². The summed E-state index contributed by atoms with van der Waals surface area (Å²) in [4.78, 5) is 2.35. The van der Waals surface area contributed by atoms with Gasteiger partial charge in [0.2, 0.25) is 0 Å². The van der Waals surface area contributed by atoms with E-state index >= 15 is 0 Å². The Morgan fingerprint density at radius 3 is 2.71 bits per heavy atom. The summed E-state index contributed by atoms with van der Waals surface area (Å²) in [6.07, 6.45) is 4.82.